The van der Waals surface area contributed by atoms with E-state index in [1.54, 1.807) is 7.05 Å². The monoisotopic (exact) mass is 198 g/mol. The summed E-state index contributed by atoms with van der Waals surface area (Å²) in [5.74, 6) is 0.848. The fourth-order valence-corrected chi connectivity index (χ4v) is 2.14. The van der Waals surface area contributed by atoms with Gasteiger partial charge in [-0.2, -0.15) is 0 Å². The van der Waals surface area contributed by atoms with Crippen molar-refractivity contribution in [3.05, 3.63) is 0 Å². The lowest BCUT2D eigenvalue weighted by Crippen LogP contribution is -2.40. The Hall–Kier alpha value is -0.570. The van der Waals surface area contributed by atoms with Gasteiger partial charge in [-0.3, -0.25) is 4.79 Å². The van der Waals surface area contributed by atoms with Gasteiger partial charge in [0.25, 0.3) is 0 Å². The fourth-order valence-electron chi connectivity index (χ4n) is 2.14. The van der Waals surface area contributed by atoms with Crippen LogP contribution in [0.2, 0.25) is 0 Å². The van der Waals surface area contributed by atoms with Crippen LogP contribution in [0.3, 0.4) is 0 Å². The normalized spacial score (nSPS) is 20.4. The van der Waals surface area contributed by atoms with Crippen molar-refractivity contribution in [3.63, 3.8) is 0 Å². The zero-order valence-electron chi connectivity index (χ0n) is 9.31. The molecule has 3 nitrogen and oxygen atoms in total. The van der Waals surface area contributed by atoms with Crippen LogP contribution < -0.4 is 10.6 Å². The summed E-state index contributed by atoms with van der Waals surface area (Å²) in [7, 11) is 1.68. The number of carbonyl (C=O) groups excluding carboxylic acids is 1. The van der Waals surface area contributed by atoms with Gasteiger partial charge in [0, 0.05) is 13.1 Å². The highest BCUT2D eigenvalue weighted by molar-refractivity contribution is 5.77. The number of nitrogens with one attached hydrogen (secondary N) is 2. The van der Waals surface area contributed by atoms with Crippen molar-refractivity contribution >= 4 is 5.91 Å². The minimum absolute atomic E-state index is 0.0765. The molecule has 1 aliphatic carbocycles. The van der Waals surface area contributed by atoms with Gasteiger partial charge in [0.15, 0.2) is 0 Å². The van der Waals surface area contributed by atoms with Crippen LogP contribution >= 0.6 is 0 Å². The van der Waals surface area contributed by atoms with Crippen molar-refractivity contribution in [2.24, 2.45) is 5.92 Å². The maximum atomic E-state index is 11.0. The summed E-state index contributed by atoms with van der Waals surface area (Å²) >= 11 is 0. The average molecular weight is 198 g/mol. The fraction of sp³-hybridized carbons (Fsp3) is 0.909. The summed E-state index contributed by atoms with van der Waals surface area (Å²) in [5, 5.41) is 5.91. The molecule has 0 aromatic heterocycles. The number of hydrogen-bond acceptors (Lipinski definition) is 2. The van der Waals surface area contributed by atoms with E-state index in [4.69, 9.17) is 0 Å². The Morgan fingerprint density at radius 2 is 2.00 bits per heavy atom. The van der Waals surface area contributed by atoms with Gasteiger partial charge in [-0.1, -0.05) is 19.3 Å². The maximum absolute atomic E-state index is 11.0. The van der Waals surface area contributed by atoms with Gasteiger partial charge < -0.3 is 10.6 Å². The van der Waals surface area contributed by atoms with Crippen molar-refractivity contribution in [2.75, 3.05) is 13.6 Å². The molecule has 0 spiro atoms. The van der Waals surface area contributed by atoms with Crippen LogP contribution in [-0.2, 0) is 4.79 Å². The third kappa shape index (κ3) is 3.66. The van der Waals surface area contributed by atoms with E-state index >= 15 is 0 Å². The Labute approximate surface area is 86.6 Å². The summed E-state index contributed by atoms with van der Waals surface area (Å²) in [5.41, 5.74) is 0. The number of amides is 1. The highest BCUT2D eigenvalue weighted by Crippen LogP contribution is 2.26. The molecule has 2 N–H and O–H groups in total. The predicted molar refractivity (Wildman–Crippen MR) is 58.1 cm³/mol. The summed E-state index contributed by atoms with van der Waals surface area (Å²) < 4.78 is 0. The zero-order valence-corrected chi connectivity index (χ0v) is 9.31. The Morgan fingerprint density at radius 1 is 1.36 bits per heavy atom. The second kappa shape index (κ2) is 6.02. The Bertz CT molecular complexity index is 176. The van der Waals surface area contributed by atoms with Gasteiger partial charge in [-0.05, 0) is 25.7 Å². The summed E-state index contributed by atoms with van der Waals surface area (Å²) in [6, 6.07) is 0.479. The molecular weight excluding hydrogens is 176 g/mol. The standard InChI is InChI=1S/C11H22N2O/c1-9(13-8-11(14)12-2)10-6-4-3-5-7-10/h9-10,13H,3-8H2,1-2H3,(H,12,14)/t9-/m1/s1. The lowest BCUT2D eigenvalue weighted by Gasteiger charge is -2.28. The lowest BCUT2D eigenvalue weighted by molar-refractivity contribution is -0.119. The molecule has 1 amide bonds. The van der Waals surface area contributed by atoms with Crippen molar-refractivity contribution in [1.82, 2.24) is 10.6 Å². The lowest BCUT2D eigenvalue weighted by atomic mass is 9.84. The number of rotatable bonds is 4. The second-order valence-corrected chi connectivity index (χ2v) is 4.24. The minimum Gasteiger partial charge on any atom is -0.358 e. The number of carbonyl (C=O) groups is 1. The zero-order chi connectivity index (χ0) is 10.4. The first-order valence-electron chi connectivity index (χ1n) is 5.68. The van der Waals surface area contributed by atoms with Gasteiger partial charge in [0.1, 0.15) is 0 Å². The molecule has 0 aromatic carbocycles. The van der Waals surface area contributed by atoms with E-state index in [2.05, 4.69) is 17.6 Å². The van der Waals surface area contributed by atoms with E-state index in [1.165, 1.54) is 32.1 Å². The van der Waals surface area contributed by atoms with Gasteiger partial charge in [-0.25, -0.2) is 0 Å². The first kappa shape index (κ1) is 11.5. The van der Waals surface area contributed by atoms with Gasteiger partial charge in [0.2, 0.25) is 5.91 Å². The Morgan fingerprint density at radius 3 is 2.57 bits per heavy atom. The van der Waals surface area contributed by atoms with Crippen LogP contribution in [0, 0.1) is 5.92 Å². The average Bonchev–Trinajstić information content (AvgIpc) is 2.26. The molecule has 3 heteroatoms. The van der Waals surface area contributed by atoms with Crippen LogP contribution in [0.1, 0.15) is 39.0 Å². The van der Waals surface area contributed by atoms with Crippen LogP contribution in [-0.4, -0.2) is 25.5 Å². The Kier molecular flexibility index (Phi) is 4.94. The van der Waals surface area contributed by atoms with Gasteiger partial charge >= 0.3 is 0 Å². The summed E-state index contributed by atoms with van der Waals surface area (Å²) in [4.78, 5) is 11.0. The molecule has 0 radical (unpaired) electrons. The van der Waals surface area contributed by atoms with Crippen molar-refractivity contribution in [3.8, 4) is 0 Å². The van der Waals surface area contributed by atoms with Crippen LogP contribution in [0.15, 0.2) is 0 Å². The first-order chi connectivity index (χ1) is 6.74. The third-order valence-corrected chi connectivity index (χ3v) is 3.22. The highest BCUT2D eigenvalue weighted by Gasteiger charge is 2.19. The van der Waals surface area contributed by atoms with E-state index < -0.39 is 0 Å². The van der Waals surface area contributed by atoms with E-state index in [0.717, 1.165) is 5.92 Å². The molecular formula is C11H22N2O. The molecule has 0 saturated heterocycles. The molecule has 82 valence electrons. The second-order valence-electron chi connectivity index (χ2n) is 4.24. The largest absolute Gasteiger partial charge is 0.358 e. The van der Waals surface area contributed by atoms with Gasteiger partial charge in [-0.15, -0.1) is 0 Å². The molecule has 0 bridgehead atoms. The number of likely N-dealkylation sites (N-methyl/N-ethyl adjacent to an activating group) is 1. The summed E-state index contributed by atoms with van der Waals surface area (Å²) in [6.07, 6.45) is 6.75. The van der Waals surface area contributed by atoms with Gasteiger partial charge in [0.05, 0.1) is 6.54 Å². The number of hydrogen-bond donors (Lipinski definition) is 2. The summed E-state index contributed by atoms with van der Waals surface area (Å²) in [6.45, 7) is 2.65. The van der Waals surface area contributed by atoms with Crippen LogP contribution in [0.25, 0.3) is 0 Å². The minimum atomic E-state index is 0.0765. The molecule has 1 saturated carbocycles. The molecule has 1 aliphatic rings. The smallest absolute Gasteiger partial charge is 0.233 e. The molecule has 1 rings (SSSR count). The topological polar surface area (TPSA) is 41.1 Å². The maximum Gasteiger partial charge on any atom is 0.233 e. The first-order valence-corrected chi connectivity index (χ1v) is 5.68. The van der Waals surface area contributed by atoms with Crippen LogP contribution in [0.5, 0.6) is 0 Å². The molecule has 0 aromatic rings. The quantitative estimate of drug-likeness (QED) is 0.714. The highest BCUT2D eigenvalue weighted by atomic mass is 16.1. The molecule has 0 aliphatic heterocycles. The Balaban J connectivity index is 2.19. The molecule has 0 unspecified atom stereocenters. The molecule has 14 heavy (non-hydrogen) atoms. The molecule has 1 atom stereocenters. The van der Waals surface area contributed by atoms with Crippen molar-refractivity contribution < 1.29 is 4.79 Å². The van der Waals surface area contributed by atoms with E-state index in [1.807, 2.05) is 0 Å². The van der Waals surface area contributed by atoms with E-state index in [-0.39, 0.29) is 5.91 Å². The SMILES string of the molecule is CNC(=O)CN[C@H](C)C1CCCCC1. The van der Waals surface area contributed by atoms with Crippen LogP contribution in [0.4, 0.5) is 0 Å². The van der Waals surface area contributed by atoms with E-state index in [0.29, 0.717) is 12.6 Å². The molecule has 0 heterocycles. The third-order valence-electron chi connectivity index (χ3n) is 3.22. The van der Waals surface area contributed by atoms with Crippen molar-refractivity contribution in [1.29, 1.82) is 0 Å². The molecule has 1 fully saturated rings. The van der Waals surface area contributed by atoms with E-state index in [9.17, 15) is 4.79 Å². The van der Waals surface area contributed by atoms with Crippen molar-refractivity contribution in [2.45, 2.75) is 45.1 Å². The predicted octanol–water partition coefficient (Wildman–Crippen LogP) is 1.29.